The van der Waals surface area contributed by atoms with Crippen molar-refractivity contribution in [2.45, 2.75) is 52.1 Å². The van der Waals surface area contributed by atoms with E-state index in [9.17, 15) is 4.79 Å². The van der Waals surface area contributed by atoms with E-state index in [1.807, 2.05) is 0 Å². The molecule has 1 aromatic rings. The zero-order valence-electron chi connectivity index (χ0n) is 12.1. The van der Waals surface area contributed by atoms with Crippen LogP contribution < -0.4 is 10.6 Å². The fourth-order valence-electron chi connectivity index (χ4n) is 2.80. The van der Waals surface area contributed by atoms with Crippen molar-refractivity contribution < 1.29 is 4.79 Å². The highest BCUT2D eigenvalue weighted by atomic mass is 16.2. The van der Waals surface area contributed by atoms with Gasteiger partial charge in [0.05, 0.1) is 6.04 Å². The molecule has 3 heteroatoms. The van der Waals surface area contributed by atoms with Gasteiger partial charge in [0.15, 0.2) is 0 Å². The van der Waals surface area contributed by atoms with Crippen molar-refractivity contribution in [2.75, 3.05) is 6.54 Å². The molecule has 1 aliphatic rings. The highest BCUT2D eigenvalue weighted by Crippen LogP contribution is 2.20. The number of rotatable bonds is 3. The van der Waals surface area contributed by atoms with E-state index in [-0.39, 0.29) is 18.0 Å². The molecule has 2 rings (SSSR count). The van der Waals surface area contributed by atoms with Crippen LogP contribution >= 0.6 is 0 Å². The van der Waals surface area contributed by atoms with Crippen molar-refractivity contribution in [1.82, 2.24) is 10.6 Å². The molecule has 1 fully saturated rings. The Morgan fingerprint density at radius 3 is 2.84 bits per heavy atom. The van der Waals surface area contributed by atoms with Gasteiger partial charge in [0, 0.05) is 12.6 Å². The van der Waals surface area contributed by atoms with Crippen LogP contribution in [0.3, 0.4) is 0 Å². The number of benzene rings is 1. The normalized spacial score (nSPS) is 21.6. The summed E-state index contributed by atoms with van der Waals surface area (Å²) in [6, 6.07) is 6.64. The van der Waals surface area contributed by atoms with Crippen LogP contribution in [0.2, 0.25) is 0 Å². The number of carbonyl (C=O) groups excluding carboxylic acids is 1. The minimum atomic E-state index is -0.0572. The first-order chi connectivity index (χ1) is 9.08. The van der Waals surface area contributed by atoms with Crippen molar-refractivity contribution in [3.05, 3.63) is 34.9 Å². The smallest absolute Gasteiger partial charge is 0.237 e. The van der Waals surface area contributed by atoms with Crippen LogP contribution in [0.25, 0.3) is 0 Å². The van der Waals surface area contributed by atoms with Crippen LogP contribution in [0.5, 0.6) is 0 Å². The second-order valence-corrected chi connectivity index (χ2v) is 5.59. The summed E-state index contributed by atoms with van der Waals surface area (Å²) in [4.78, 5) is 11.9. The Morgan fingerprint density at radius 1 is 1.32 bits per heavy atom. The van der Waals surface area contributed by atoms with Gasteiger partial charge in [-0.3, -0.25) is 10.1 Å². The molecule has 0 aromatic heterocycles. The minimum absolute atomic E-state index is 0.0572. The van der Waals surface area contributed by atoms with Crippen molar-refractivity contribution in [3.8, 4) is 0 Å². The first-order valence-electron chi connectivity index (χ1n) is 7.19. The highest BCUT2D eigenvalue weighted by Gasteiger charge is 2.22. The van der Waals surface area contributed by atoms with Gasteiger partial charge in [-0.25, -0.2) is 0 Å². The maximum Gasteiger partial charge on any atom is 0.237 e. The van der Waals surface area contributed by atoms with E-state index < -0.39 is 0 Å². The van der Waals surface area contributed by atoms with Crippen molar-refractivity contribution in [2.24, 2.45) is 0 Å². The zero-order valence-corrected chi connectivity index (χ0v) is 12.1. The number of aryl methyl sites for hydroxylation is 2. The van der Waals surface area contributed by atoms with Gasteiger partial charge in [-0.05, 0) is 51.2 Å². The largest absolute Gasteiger partial charge is 0.355 e. The van der Waals surface area contributed by atoms with Gasteiger partial charge in [0.2, 0.25) is 5.91 Å². The Labute approximate surface area is 115 Å². The molecule has 2 unspecified atom stereocenters. The Hall–Kier alpha value is -1.35. The summed E-state index contributed by atoms with van der Waals surface area (Å²) in [5.41, 5.74) is 3.84. The molecule has 2 N–H and O–H groups in total. The van der Waals surface area contributed by atoms with E-state index in [2.05, 4.69) is 49.6 Å². The van der Waals surface area contributed by atoms with Gasteiger partial charge < -0.3 is 5.32 Å². The molecular weight excluding hydrogens is 236 g/mol. The lowest BCUT2D eigenvalue weighted by molar-refractivity contribution is -0.123. The molecule has 104 valence electrons. The summed E-state index contributed by atoms with van der Waals surface area (Å²) in [5.74, 6) is 0.147. The number of nitrogens with one attached hydrogen (secondary N) is 2. The van der Waals surface area contributed by atoms with Crippen LogP contribution in [0.4, 0.5) is 0 Å². The molecule has 1 aromatic carbocycles. The topological polar surface area (TPSA) is 41.1 Å². The molecule has 19 heavy (non-hydrogen) atoms. The van der Waals surface area contributed by atoms with Gasteiger partial charge in [-0.2, -0.15) is 0 Å². The van der Waals surface area contributed by atoms with E-state index in [4.69, 9.17) is 0 Å². The minimum Gasteiger partial charge on any atom is -0.355 e. The molecule has 0 radical (unpaired) electrons. The van der Waals surface area contributed by atoms with Crippen LogP contribution in [-0.4, -0.2) is 18.5 Å². The molecule has 0 aliphatic carbocycles. The third kappa shape index (κ3) is 3.57. The third-order valence-corrected chi connectivity index (χ3v) is 3.88. The zero-order chi connectivity index (χ0) is 13.8. The maximum atomic E-state index is 11.9. The monoisotopic (exact) mass is 260 g/mol. The Kier molecular flexibility index (Phi) is 4.59. The highest BCUT2D eigenvalue weighted by molar-refractivity contribution is 5.81. The number of amides is 1. The third-order valence-electron chi connectivity index (χ3n) is 3.88. The molecule has 2 atom stereocenters. The van der Waals surface area contributed by atoms with Crippen LogP contribution in [0.1, 0.15) is 48.9 Å². The molecule has 1 heterocycles. The predicted octanol–water partition coefficient (Wildman–Crippen LogP) is 2.62. The van der Waals surface area contributed by atoms with E-state index in [0.717, 1.165) is 25.8 Å². The Balaban J connectivity index is 2.07. The lowest BCUT2D eigenvalue weighted by atomic mass is 9.99. The summed E-state index contributed by atoms with van der Waals surface area (Å²) in [7, 11) is 0. The lowest BCUT2D eigenvalue weighted by Gasteiger charge is -2.22. The van der Waals surface area contributed by atoms with E-state index >= 15 is 0 Å². The van der Waals surface area contributed by atoms with Gasteiger partial charge in [-0.1, -0.05) is 23.8 Å². The van der Waals surface area contributed by atoms with Crippen molar-refractivity contribution >= 4 is 5.91 Å². The number of hydrogen-bond donors (Lipinski definition) is 2. The average Bonchev–Trinajstić information content (AvgIpc) is 2.55. The average molecular weight is 260 g/mol. The standard InChI is InChI=1S/C16H24N2O/c1-11-7-8-14(12(2)10-11)13(3)18-15-6-4-5-9-17-16(15)19/h7-8,10,13,15,18H,4-6,9H2,1-3H3,(H,17,19). The molecular formula is C16H24N2O. The van der Waals surface area contributed by atoms with Crippen molar-refractivity contribution in [1.29, 1.82) is 0 Å². The first kappa shape index (κ1) is 14.1. The van der Waals surface area contributed by atoms with Crippen LogP contribution in [-0.2, 0) is 4.79 Å². The van der Waals surface area contributed by atoms with E-state index in [1.165, 1.54) is 16.7 Å². The summed E-state index contributed by atoms with van der Waals surface area (Å²) in [6.45, 7) is 7.19. The molecule has 1 saturated heterocycles. The van der Waals surface area contributed by atoms with Crippen LogP contribution in [0.15, 0.2) is 18.2 Å². The lowest BCUT2D eigenvalue weighted by Crippen LogP contribution is -2.43. The molecule has 0 saturated carbocycles. The fraction of sp³-hybridized carbons (Fsp3) is 0.562. The van der Waals surface area contributed by atoms with Crippen molar-refractivity contribution in [3.63, 3.8) is 0 Å². The Morgan fingerprint density at radius 2 is 2.11 bits per heavy atom. The second-order valence-electron chi connectivity index (χ2n) is 5.59. The SMILES string of the molecule is Cc1ccc(C(C)NC2CCCCNC2=O)c(C)c1. The van der Waals surface area contributed by atoms with Gasteiger partial charge in [-0.15, -0.1) is 0 Å². The van der Waals surface area contributed by atoms with E-state index in [0.29, 0.717) is 0 Å². The fourth-order valence-corrected chi connectivity index (χ4v) is 2.80. The van der Waals surface area contributed by atoms with Gasteiger partial charge in [0.25, 0.3) is 0 Å². The maximum absolute atomic E-state index is 11.9. The summed E-state index contributed by atoms with van der Waals surface area (Å²) < 4.78 is 0. The predicted molar refractivity (Wildman–Crippen MR) is 78.1 cm³/mol. The van der Waals surface area contributed by atoms with Gasteiger partial charge >= 0.3 is 0 Å². The first-order valence-corrected chi connectivity index (χ1v) is 7.19. The quantitative estimate of drug-likeness (QED) is 0.877. The Bertz CT molecular complexity index is 456. The molecule has 1 amide bonds. The summed E-state index contributed by atoms with van der Waals surface area (Å²) in [5, 5.41) is 6.45. The molecule has 1 aliphatic heterocycles. The second kappa shape index (κ2) is 6.20. The summed E-state index contributed by atoms with van der Waals surface area (Å²) in [6.07, 6.45) is 3.12. The van der Waals surface area contributed by atoms with Crippen LogP contribution in [0, 0.1) is 13.8 Å². The molecule has 0 spiro atoms. The molecule has 0 bridgehead atoms. The number of hydrogen-bond acceptors (Lipinski definition) is 2. The molecule has 3 nitrogen and oxygen atoms in total. The van der Waals surface area contributed by atoms with Gasteiger partial charge in [0.1, 0.15) is 0 Å². The summed E-state index contributed by atoms with van der Waals surface area (Å²) >= 11 is 0. The van der Waals surface area contributed by atoms with E-state index in [1.54, 1.807) is 0 Å². The number of carbonyl (C=O) groups is 1.